The van der Waals surface area contributed by atoms with Crippen molar-refractivity contribution < 1.29 is 14.7 Å². The first-order valence-electron chi connectivity index (χ1n) is 7.09. The molecule has 0 bridgehead atoms. The van der Waals surface area contributed by atoms with Crippen molar-refractivity contribution in [2.45, 2.75) is 13.0 Å². The van der Waals surface area contributed by atoms with E-state index in [1.54, 1.807) is 0 Å². The number of carbonyl (C=O) groups is 1. The van der Waals surface area contributed by atoms with Gasteiger partial charge in [0, 0.05) is 17.7 Å². The van der Waals surface area contributed by atoms with Crippen LogP contribution in [-0.4, -0.2) is 22.8 Å². The second-order valence-electron chi connectivity index (χ2n) is 4.89. The van der Waals surface area contributed by atoms with Gasteiger partial charge in [0.05, 0.1) is 0 Å². The van der Waals surface area contributed by atoms with E-state index in [0.717, 1.165) is 11.1 Å². The summed E-state index contributed by atoms with van der Waals surface area (Å²) in [5, 5.41) is 11.1. The van der Waals surface area contributed by atoms with Gasteiger partial charge in [-0.1, -0.05) is 43.3 Å². The number of hydroxylamine groups is 2. The molecule has 2 aromatic rings. The normalized spacial score (nSPS) is 12.8. The van der Waals surface area contributed by atoms with E-state index in [1.807, 2.05) is 55.5 Å². The highest BCUT2D eigenvalue weighted by molar-refractivity contribution is 5.74. The molecule has 2 aromatic carbocycles. The molecule has 0 aromatic heterocycles. The summed E-state index contributed by atoms with van der Waals surface area (Å²) < 4.78 is 5.83. The number of rotatable bonds is 3. The smallest absolute Gasteiger partial charge is 0.356 e. The second-order valence-corrected chi connectivity index (χ2v) is 4.89. The maximum atomic E-state index is 12.1. The van der Waals surface area contributed by atoms with Crippen LogP contribution >= 0.6 is 0 Å². The van der Waals surface area contributed by atoms with Crippen molar-refractivity contribution in [3.8, 4) is 11.5 Å². The quantitative estimate of drug-likeness (QED) is 0.602. The molecule has 3 N–H and O–H groups in total. The van der Waals surface area contributed by atoms with Crippen molar-refractivity contribution in [3.63, 3.8) is 0 Å². The van der Waals surface area contributed by atoms with E-state index in [0.29, 0.717) is 23.1 Å². The molecule has 0 spiro atoms. The second kappa shape index (κ2) is 6.05. The van der Waals surface area contributed by atoms with Crippen LogP contribution in [0.25, 0.3) is 0 Å². The molecular formula is C16H17N3O3. The number of fused-ring (bicyclic) bond motifs is 2. The summed E-state index contributed by atoms with van der Waals surface area (Å²) in [6.45, 7) is 2.40. The van der Waals surface area contributed by atoms with Crippen molar-refractivity contribution in [2.24, 2.45) is 0 Å². The predicted octanol–water partition coefficient (Wildman–Crippen LogP) is 2.81. The van der Waals surface area contributed by atoms with E-state index in [2.05, 4.69) is 10.9 Å². The molecule has 22 heavy (non-hydrogen) atoms. The molecule has 1 aliphatic rings. The first-order chi connectivity index (χ1) is 10.7. The summed E-state index contributed by atoms with van der Waals surface area (Å²) in [6, 6.07) is 13.4. The molecule has 0 saturated carbocycles. The van der Waals surface area contributed by atoms with Gasteiger partial charge >= 0.3 is 6.03 Å². The van der Waals surface area contributed by atoms with Gasteiger partial charge in [0.15, 0.2) is 0 Å². The van der Waals surface area contributed by atoms with Crippen molar-refractivity contribution >= 4 is 6.03 Å². The fourth-order valence-corrected chi connectivity index (χ4v) is 2.49. The van der Waals surface area contributed by atoms with E-state index in [4.69, 9.17) is 4.74 Å². The number of ether oxygens (including phenoxy) is 1. The first-order valence-corrected chi connectivity index (χ1v) is 7.09. The van der Waals surface area contributed by atoms with Gasteiger partial charge in [0.1, 0.15) is 17.5 Å². The van der Waals surface area contributed by atoms with Crippen molar-refractivity contribution in [2.75, 3.05) is 6.54 Å². The molecule has 0 saturated heterocycles. The number of urea groups is 1. The highest BCUT2D eigenvalue weighted by Crippen LogP contribution is 2.44. The number of hydrogen-bond donors (Lipinski definition) is 3. The number of hydrazine groups is 1. The lowest BCUT2D eigenvalue weighted by Gasteiger charge is -2.32. The summed E-state index contributed by atoms with van der Waals surface area (Å²) in [5.41, 5.74) is 6.58. The maximum absolute atomic E-state index is 12.1. The van der Waals surface area contributed by atoms with Gasteiger partial charge in [-0.3, -0.25) is 10.6 Å². The summed E-state index contributed by atoms with van der Waals surface area (Å²) in [7, 11) is 0. The lowest BCUT2D eigenvalue weighted by Crippen LogP contribution is -2.47. The van der Waals surface area contributed by atoms with Crippen molar-refractivity contribution in [3.05, 3.63) is 59.7 Å². The molecule has 1 aliphatic heterocycles. The lowest BCUT2D eigenvalue weighted by molar-refractivity contribution is -0.0710. The molecule has 0 fully saturated rings. The summed E-state index contributed by atoms with van der Waals surface area (Å²) in [6.07, 6.45) is 0. The maximum Gasteiger partial charge on any atom is 0.356 e. The molecule has 0 atom stereocenters. The largest absolute Gasteiger partial charge is 0.457 e. The Hall–Kier alpha value is -2.57. The molecule has 1 heterocycles. The topological polar surface area (TPSA) is 73.8 Å². The minimum Gasteiger partial charge on any atom is -0.457 e. The Morgan fingerprint density at radius 3 is 2.23 bits per heavy atom. The molecule has 3 rings (SSSR count). The first kappa shape index (κ1) is 14.4. The Balaban J connectivity index is 2.01. The average molecular weight is 299 g/mol. The number of nitrogens with zero attached hydrogens (tertiary/aromatic N) is 1. The van der Waals surface area contributed by atoms with E-state index in [1.165, 1.54) is 0 Å². The summed E-state index contributed by atoms with van der Waals surface area (Å²) in [5.74, 6) is 1.25. The Morgan fingerprint density at radius 1 is 1.14 bits per heavy atom. The van der Waals surface area contributed by atoms with Crippen LogP contribution in [-0.2, 0) is 0 Å². The number of para-hydroxylation sites is 2. The zero-order valence-corrected chi connectivity index (χ0v) is 12.1. The van der Waals surface area contributed by atoms with Gasteiger partial charge < -0.3 is 4.74 Å². The number of amides is 2. The molecule has 0 radical (unpaired) electrons. The molecule has 6 nitrogen and oxygen atoms in total. The SMILES string of the molecule is CCNNC(=O)N(O)C1c2ccccc2Oc2ccccc21. The number of carbonyl (C=O) groups excluding carboxylic acids is 1. The van der Waals surface area contributed by atoms with Crippen LogP contribution in [0.1, 0.15) is 24.1 Å². The van der Waals surface area contributed by atoms with Crippen LogP contribution in [0.2, 0.25) is 0 Å². The molecular weight excluding hydrogens is 282 g/mol. The van der Waals surface area contributed by atoms with Gasteiger partial charge in [-0.05, 0) is 12.1 Å². The van der Waals surface area contributed by atoms with Crippen LogP contribution in [0.15, 0.2) is 48.5 Å². The lowest BCUT2D eigenvalue weighted by atomic mass is 9.94. The van der Waals surface area contributed by atoms with Crippen LogP contribution in [0.5, 0.6) is 11.5 Å². The van der Waals surface area contributed by atoms with E-state index >= 15 is 0 Å². The third-order valence-electron chi connectivity index (χ3n) is 3.47. The van der Waals surface area contributed by atoms with Crippen molar-refractivity contribution in [1.29, 1.82) is 0 Å². The van der Waals surface area contributed by atoms with Crippen LogP contribution in [0.3, 0.4) is 0 Å². The third-order valence-corrected chi connectivity index (χ3v) is 3.47. The number of nitrogens with one attached hydrogen (secondary N) is 2. The van der Waals surface area contributed by atoms with Gasteiger partial charge in [-0.15, -0.1) is 0 Å². The predicted molar refractivity (Wildman–Crippen MR) is 80.6 cm³/mol. The number of hydrogen-bond acceptors (Lipinski definition) is 4. The van der Waals surface area contributed by atoms with E-state index in [9.17, 15) is 10.0 Å². The minimum atomic E-state index is -0.627. The Bertz CT molecular complexity index is 644. The summed E-state index contributed by atoms with van der Waals surface area (Å²) >= 11 is 0. The Morgan fingerprint density at radius 2 is 1.68 bits per heavy atom. The van der Waals surface area contributed by atoms with Gasteiger partial charge in [-0.2, -0.15) is 5.06 Å². The highest BCUT2D eigenvalue weighted by atomic mass is 16.5. The van der Waals surface area contributed by atoms with Gasteiger partial charge in [-0.25, -0.2) is 10.2 Å². The van der Waals surface area contributed by atoms with Crippen LogP contribution < -0.4 is 15.6 Å². The standard InChI is InChI=1S/C16H17N3O3/c1-2-17-18-16(20)19(21)15-11-7-3-5-9-13(11)22-14-10-6-4-8-12(14)15/h3-10,15,17,21H,2H2,1H3,(H,18,20). The van der Waals surface area contributed by atoms with E-state index in [-0.39, 0.29) is 0 Å². The number of benzene rings is 2. The van der Waals surface area contributed by atoms with Gasteiger partial charge in [0.25, 0.3) is 0 Å². The third kappa shape index (κ3) is 2.49. The Labute approximate surface area is 128 Å². The Kier molecular flexibility index (Phi) is 3.95. The fraction of sp³-hybridized carbons (Fsp3) is 0.188. The van der Waals surface area contributed by atoms with Crippen LogP contribution in [0.4, 0.5) is 4.79 Å². The van der Waals surface area contributed by atoms with E-state index < -0.39 is 12.1 Å². The zero-order valence-electron chi connectivity index (χ0n) is 12.1. The average Bonchev–Trinajstić information content (AvgIpc) is 2.56. The molecule has 2 amide bonds. The van der Waals surface area contributed by atoms with Crippen molar-refractivity contribution in [1.82, 2.24) is 15.9 Å². The molecule has 114 valence electrons. The monoisotopic (exact) mass is 299 g/mol. The minimum absolute atomic E-state index is 0.556. The summed E-state index contributed by atoms with van der Waals surface area (Å²) in [4.78, 5) is 12.1. The molecule has 0 unspecified atom stereocenters. The molecule has 6 heteroatoms. The van der Waals surface area contributed by atoms with Crippen LogP contribution in [0, 0.1) is 0 Å². The zero-order chi connectivity index (χ0) is 15.5. The molecule has 0 aliphatic carbocycles. The highest BCUT2D eigenvalue weighted by Gasteiger charge is 2.33. The van der Waals surface area contributed by atoms with Gasteiger partial charge in [0.2, 0.25) is 0 Å². The fourth-order valence-electron chi connectivity index (χ4n) is 2.49.